The zero-order chi connectivity index (χ0) is 19.7. The van der Waals surface area contributed by atoms with E-state index < -0.39 is 5.60 Å². The summed E-state index contributed by atoms with van der Waals surface area (Å²) in [5.74, 6) is 1.33. The number of hydrogen-bond acceptors (Lipinski definition) is 6. The molecular weight excluding hydrogens is 346 g/mol. The van der Waals surface area contributed by atoms with E-state index in [1.807, 2.05) is 6.92 Å². The quantitative estimate of drug-likeness (QED) is 0.467. The fourth-order valence-electron chi connectivity index (χ4n) is 4.07. The third-order valence-electron chi connectivity index (χ3n) is 5.45. The number of rotatable bonds is 11. The summed E-state index contributed by atoms with van der Waals surface area (Å²) in [5.41, 5.74) is -0.251. The lowest BCUT2D eigenvalue weighted by Crippen LogP contribution is -2.42. The Labute approximate surface area is 162 Å². The van der Waals surface area contributed by atoms with Crippen molar-refractivity contribution in [2.75, 3.05) is 26.9 Å². The van der Waals surface area contributed by atoms with Crippen LogP contribution >= 0.6 is 0 Å². The molecule has 3 unspecified atom stereocenters. The second-order valence-corrected chi connectivity index (χ2v) is 7.59. The van der Waals surface area contributed by atoms with Crippen molar-refractivity contribution in [1.82, 2.24) is 4.98 Å². The number of carbonyl (C=O) groups excluding carboxylic acids is 1. The number of methoxy groups -OCH3 is 1. The molecule has 0 aromatic carbocycles. The molecule has 1 N–H and O–H groups in total. The van der Waals surface area contributed by atoms with Gasteiger partial charge in [0.05, 0.1) is 30.6 Å². The van der Waals surface area contributed by atoms with Gasteiger partial charge in [0.2, 0.25) is 5.88 Å². The van der Waals surface area contributed by atoms with Gasteiger partial charge in [0.1, 0.15) is 12.4 Å². The van der Waals surface area contributed by atoms with Crippen LogP contribution in [0.15, 0.2) is 12.3 Å². The summed E-state index contributed by atoms with van der Waals surface area (Å²) >= 11 is 0. The van der Waals surface area contributed by atoms with Crippen LogP contribution < -0.4 is 9.47 Å². The third-order valence-corrected chi connectivity index (χ3v) is 5.45. The lowest BCUT2D eigenvalue weighted by molar-refractivity contribution is -0.0579. The van der Waals surface area contributed by atoms with E-state index in [1.165, 1.54) is 6.20 Å². The molecule has 1 aliphatic carbocycles. The number of carbonyl (C=O) groups is 1. The lowest BCUT2D eigenvalue weighted by atomic mass is 9.69. The number of nitrogens with zero attached hydrogens (tertiary/aromatic N) is 1. The van der Waals surface area contributed by atoms with Gasteiger partial charge >= 0.3 is 0 Å². The van der Waals surface area contributed by atoms with Crippen LogP contribution in [-0.2, 0) is 4.74 Å². The van der Waals surface area contributed by atoms with E-state index in [1.54, 1.807) is 13.2 Å². The van der Waals surface area contributed by atoms with Crippen molar-refractivity contribution in [3.8, 4) is 11.6 Å². The normalized spacial score (nSPS) is 22.1. The number of hydrogen-bond donors (Lipinski definition) is 1. The van der Waals surface area contributed by atoms with Crippen molar-refractivity contribution in [1.29, 1.82) is 0 Å². The molecule has 6 heteroatoms. The first-order valence-corrected chi connectivity index (χ1v) is 9.94. The first-order valence-electron chi connectivity index (χ1n) is 9.94. The average Bonchev–Trinajstić information content (AvgIpc) is 2.67. The Hall–Kier alpha value is -1.66. The van der Waals surface area contributed by atoms with Crippen molar-refractivity contribution in [2.45, 2.75) is 58.0 Å². The average molecular weight is 379 g/mol. The Morgan fingerprint density at radius 2 is 2.07 bits per heavy atom. The van der Waals surface area contributed by atoms with Crippen molar-refractivity contribution in [2.24, 2.45) is 11.8 Å². The first kappa shape index (κ1) is 21.6. The van der Waals surface area contributed by atoms with E-state index in [2.05, 4.69) is 11.9 Å². The molecule has 1 heterocycles. The van der Waals surface area contributed by atoms with Crippen LogP contribution in [0.1, 0.15) is 62.7 Å². The topological polar surface area (TPSA) is 77.9 Å². The van der Waals surface area contributed by atoms with E-state index in [0.29, 0.717) is 37.0 Å². The maximum absolute atomic E-state index is 11.4. The Morgan fingerprint density at radius 1 is 1.30 bits per heavy atom. The molecular formula is C21H33NO5. The fourth-order valence-corrected chi connectivity index (χ4v) is 4.07. The van der Waals surface area contributed by atoms with Crippen molar-refractivity contribution in [3.05, 3.63) is 17.8 Å². The summed E-state index contributed by atoms with van der Waals surface area (Å²) in [6.07, 6.45) is 8.40. The van der Waals surface area contributed by atoms with E-state index in [-0.39, 0.29) is 11.8 Å². The van der Waals surface area contributed by atoms with Crippen molar-refractivity contribution in [3.63, 3.8) is 0 Å². The maximum atomic E-state index is 11.4. The highest BCUT2D eigenvalue weighted by molar-refractivity contribution is 5.79. The minimum Gasteiger partial charge on any atom is -0.491 e. The minimum atomic E-state index is -0.673. The summed E-state index contributed by atoms with van der Waals surface area (Å²) in [6, 6.07) is 1.59. The standard InChI is InChI=1S/C21H33NO5/c1-4-9-21(2,24)18-8-6-5-7-16(18)15-27-19-13-22-20(12-17(19)14-23)26-11-10-25-3/h12-14,16,18,24H,4-11,15H2,1-3H3. The first-order chi connectivity index (χ1) is 13.0. The zero-order valence-electron chi connectivity index (χ0n) is 16.8. The largest absolute Gasteiger partial charge is 0.491 e. The van der Waals surface area contributed by atoms with Gasteiger partial charge in [-0.2, -0.15) is 0 Å². The van der Waals surface area contributed by atoms with E-state index >= 15 is 0 Å². The Kier molecular flexibility index (Phi) is 8.51. The molecule has 27 heavy (non-hydrogen) atoms. The fraction of sp³-hybridized carbons (Fsp3) is 0.714. The van der Waals surface area contributed by atoms with Gasteiger partial charge in [-0.25, -0.2) is 4.98 Å². The van der Waals surface area contributed by atoms with Gasteiger partial charge < -0.3 is 19.3 Å². The highest BCUT2D eigenvalue weighted by atomic mass is 16.5. The molecule has 152 valence electrons. The molecule has 2 rings (SSSR count). The van der Waals surface area contributed by atoms with Crippen LogP contribution in [0.5, 0.6) is 11.6 Å². The minimum absolute atomic E-state index is 0.218. The molecule has 1 fully saturated rings. The smallest absolute Gasteiger partial charge is 0.214 e. The SMILES string of the molecule is CCCC(C)(O)C1CCCCC1COc1cnc(OCCOC)cc1C=O. The van der Waals surface area contributed by atoms with E-state index in [0.717, 1.165) is 44.8 Å². The van der Waals surface area contributed by atoms with Gasteiger partial charge in [-0.05, 0) is 38.0 Å². The lowest BCUT2D eigenvalue weighted by Gasteiger charge is -2.41. The highest BCUT2D eigenvalue weighted by Crippen LogP contribution is 2.40. The highest BCUT2D eigenvalue weighted by Gasteiger charge is 2.38. The molecule has 0 bridgehead atoms. The molecule has 1 saturated carbocycles. The molecule has 0 radical (unpaired) electrons. The van der Waals surface area contributed by atoms with Gasteiger partial charge in [-0.3, -0.25) is 4.79 Å². The van der Waals surface area contributed by atoms with Crippen LogP contribution in [0.4, 0.5) is 0 Å². The van der Waals surface area contributed by atoms with Gasteiger partial charge in [-0.15, -0.1) is 0 Å². The summed E-state index contributed by atoms with van der Waals surface area (Å²) in [5, 5.41) is 10.9. The van der Waals surface area contributed by atoms with Crippen molar-refractivity contribution < 1.29 is 24.1 Å². The van der Waals surface area contributed by atoms with Crippen molar-refractivity contribution >= 4 is 6.29 Å². The van der Waals surface area contributed by atoms with Crippen LogP contribution in [-0.4, -0.2) is 48.9 Å². The number of aliphatic hydroxyl groups is 1. The molecule has 0 aliphatic heterocycles. The Bertz CT molecular complexity index is 590. The predicted molar refractivity (Wildman–Crippen MR) is 103 cm³/mol. The summed E-state index contributed by atoms with van der Waals surface area (Å²) < 4.78 is 16.3. The van der Waals surface area contributed by atoms with Crippen LogP contribution in [0.3, 0.4) is 0 Å². The van der Waals surface area contributed by atoms with E-state index in [9.17, 15) is 9.90 Å². The van der Waals surface area contributed by atoms with Gasteiger partial charge in [-0.1, -0.05) is 26.2 Å². The second kappa shape index (κ2) is 10.6. The number of aromatic nitrogens is 1. The zero-order valence-corrected chi connectivity index (χ0v) is 16.8. The van der Waals surface area contributed by atoms with Gasteiger partial charge in [0.15, 0.2) is 6.29 Å². The third kappa shape index (κ3) is 6.18. The molecule has 1 aromatic heterocycles. The Morgan fingerprint density at radius 3 is 2.78 bits per heavy atom. The molecule has 3 atom stereocenters. The maximum Gasteiger partial charge on any atom is 0.214 e. The number of aldehydes is 1. The monoisotopic (exact) mass is 379 g/mol. The molecule has 0 amide bonds. The molecule has 0 saturated heterocycles. The van der Waals surface area contributed by atoms with Gasteiger partial charge in [0, 0.05) is 13.2 Å². The number of pyridine rings is 1. The summed E-state index contributed by atoms with van der Waals surface area (Å²) in [6.45, 7) is 5.36. The van der Waals surface area contributed by atoms with Crippen LogP contribution in [0.25, 0.3) is 0 Å². The number of ether oxygens (including phenoxy) is 3. The molecule has 6 nitrogen and oxygen atoms in total. The molecule has 0 spiro atoms. The van der Waals surface area contributed by atoms with Gasteiger partial charge in [0.25, 0.3) is 0 Å². The van der Waals surface area contributed by atoms with E-state index in [4.69, 9.17) is 14.2 Å². The van der Waals surface area contributed by atoms with Crippen LogP contribution in [0.2, 0.25) is 0 Å². The summed E-state index contributed by atoms with van der Waals surface area (Å²) in [4.78, 5) is 15.7. The Balaban J connectivity index is 2.02. The molecule has 1 aromatic rings. The van der Waals surface area contributed by atoms with Crippen LogP contribution in [0, 0.1) is 11.8 Å². The summed E-state index contributed by atoms with van der Waals surface area (Å²) in [7, 11) is 1.60. The second-order valence-electron chi connectivity index (χ2n) is 7.59. The molecule has 1 aliphatic rings. The predicted octanol–water partition coefficient (Wildman–Crippen LogP) is 3.66.